The lowest BCUT2D eigenvalue weighted by atomic mass is 10.2. The third-order valence-electron chi connectivity index (χ3n) is 3.50. The molecule has 118 valence electrons. The maximum Gasteiger partial charge on any atom is 0.242 e. The van der Waals surface area contributed by atoms with Crippen LogP contribution in [0.15, 0.2) is 23.1 Å². The van der Waals surface area contributed by atoms with E-state index in [0.29, 0.717) is 19.1 Å². The number of hydrogen-bond acceptors (Lipinski definition) is 4. The molecule has 1 aliphatic carbocycles. The maximum atomic E-state index is 13.3. The Kier molecular flexibility index (Phi) is 5.32. The van der Waals surface area contributed by atoms with Crippen molar-refractivity contribution in [1.82, 2.24) is 4.31 Å². The first-order valence-corrected chi connectivity index (χ1v) is 8.32. The van der Waals surface area contributed by atoms with Crippen LogP contribution in [0.4, 0.5) is 4.39 Å². The molecule has 1 N–H and O–H groups in total. The number of hydrogen-bond donors (Lipinski definition) is 1. The molecule has 1 aliphatic rings. The van der Waals surface area contributed by atoms with Crippen LogP contribution in [0.2, 0.25) is 0 Å². The lowest BCUT2D eigenvalue weighted by molar-refractivity contribution is 0.117. The zero-order valence-corrected chi connectivity index (χ0v) is 12.8. The van der Waals surface area contributed by atoms with Gasteiger partial charge < -0.3 is 9.84 Å². The Morgan fingerprint density at radius 2 is 2.14 bits per heavy atom. The highest BCUT2D eigenvalue weighted by Gasteiger charge is 2.23. The van der Waals surface area contributed by atoms with Gasteiger partial charge in [-0.2, -0.15) is 4.31 Å². The zero-order chi connectivity index (χ0) is 15.5. The fourth-order valence-electron chi connectivity index (χ4n) is 1.86. The van der Waals surface area contributed by atoms with Gasteiger partial charge in [0.05, 0.1) is 18.1 Å². The quantitative estimate of drug-likeness (QED) is 0.735. The van der Waals surface area contributed by atoms with Gasteiger partial charge in [-0.15, -0.1) is 0 Å². The van der Waals surface area contributed by atoms with Crippen LogP contribution in [0.1, 0.15) is 18.4 Å². The van der Waals surface area contributed by atoms with Crippen molar-refractivity contribution in [2.45, 2.75) is 24.3 Å². The van der Waals surface area contributed by atoms with E-state index in [9.17, 15) is 12.8 Å². The van der Waals surface area contributed by atoms with E-state index in [2.05, 4.69) is 0 Å². The molecule has 1 aromatic rings. The Balaban J connectivity index is 1.98. The van der Waals surface area contributed by atoms with Crippen LogP contribution in [0, 0.1) is 11.7 Å². The fourth-order valence-corrected chi connectivity index (χ4v) is 3.07. The normalized spacial score (nSPS) is 15.6. The average molecular weight is 317 g/mol. The summed E-state index contributed by atoms with van der Waals surface area (Å²) < 4.78 is 44.5. The molecule has 0 unspecified atom stereocenters. The summed E-state index contributed by atoms with van der Waals surface area (Å²) in [5.41, 5.74) is -0.0329. The molecule has 0 radical (unpaired) electrons. The highest BCUT2D eigenvalue weighted by molar-refractivity contribution is 7.89. The lowest BCUT2D eigenvalue weighted by Gasteiger charge is -2.17. The monoisotopic (exact) mass is 317 g/mol. The van der Waals surface area contributed by atoms with Crippen molar-refractivity contribution in [2.75, 3.05) is 26.8 Å². The van der Waals surface area contributed by atoms with Crippen LogP contribution < -0.4 is 0 Å². The molecular weight excluding hydrogens is 297 g/mol. The topological polar surface area (TPSA) is 66.8 Å². The number of benzene rings is 1. The molecule has 1 aromatic carbocycles. The van der Waals surface area contributed by atoms with E-state index in [-0.39, 0.29) is 17.0 Å². The number of sulfonamides is 1. The molecule has 0 saturated heterocycles. The maximum absolute atomic E-state index is 13.3. The Morgan fingerprint density at radius 1 is 1.43 bits per heavy atom. The fraction of sp³-hybridized carbons (Fsp3) is 0.571. The third kappa shape index (κ3) is 4.23. The van der Waals surface area contributed by atoms with Crippen LogP contribution in [-0.4, -0.2) is 44.6 Å². The van der Waals surface area contributed by atoms with Gasteiger partial charge in [0.2, 0.25) is 10.0 Å². The summed E-state index contributed by atoms with van der Waals surface area (Å²) in [5, 5.41) is 9.01. The van der Waals surface area contributed by atoms with Gasteiger partial charge in [-0.25, -0.2) is 12.8 Å². The number of ether oxygens (including phenoxy) is 1. The first kappa shape index (κ1) is 16.4. The smallest absolute Gasteiger partial charge is 0.242 e. The standard InChI is InChI=1S/C14H20FNO4S/c1-16(6-7-20-10-11-2-3-11)21(18,19)13-4-5-14(15)12(8-13)9-17/h4-5,8,11,17H,2-3,6-7,9-10H2,1H3. The molecule has 2 rings (SSSR count). The van der Waals surface area contributed by atoms with Gasteiger partial charge in [0.1, 0.15) is 5.82 Å². The van der Waals surface area contributed by atoms with Crippen molar-refractivity contribution in [2.24, 2.45) is 5.92 Å². The van der Waals surface area contributed by atoms with Crippen molar-refractivity contribution < 1.29 is 22.7 Å². The molecule has 5 nitrogen and oxygen atoms in total. The Labute approximate surface area is 124 Å². The number of likely N-dealkylation sites (N-methyl/N-ethyl adjacent to an activating group) is 1. The molecule has 0 spiro atoms. The van der Waals surface area contributed by atoms with Gasteiger partial charge >= 0.3 is 0 Å². The molecule has 1 fully saturated rings. The Hall–Kier alpha value is -1.02. The molecule has 1 saturated carbocycles. The van der Waals surface area contributed by atoms with E-state index in [0.717, 1.165) is 12.1 Å². The third-order valence-corrected chi connectivity index (χ3v) is 5.35. The molecule has 21 heavy (non-hydrogen) atoms. The summed E-state index contributed by atoms with van der Waals surface area (Å²) in [6.07, 6.45) is 2.38. The molecule has 0 amide bonds. The largest absolute Gasteiger partial charge is 0.392 e. The summed E-state index contributed by atoms with van der Waals surface area (Å²) in [7, 11) is -2.24. The molecule has 0 atom stereocenters. The molecule has 0 aromatic heterocycles. The second-order valence-electron chi connectivity index (χ2n) is 5.26. The predicted molar refractivity (Wildman–Crippen MR) is 75.7 cm³/mol. The van der Waals surface area contributed by atoms with Crippen LogP contribution in [-0.2, 0) is 21.4 Å². The van der Waals surface area contributed by atoms with Crippen LogP contribution >= 0.6 is 0 Å². The predicted octanol–water partition coefficient (Wildman–Crippen LogP) is 1.37. The highest BCUT2D eigenvalue weighted by Crippen LogP contribution is 2.28. The van der Waals surface area contributed by atoms with Crippen LogP contribution in [0.25, 0.3) is 0 Å². The number of aliphatic hydroxyl groups is 1. The molecule has 0 heterocycles. The van der Waals surface area contributed by atoms with Crippen molar-refractivity contribution in [3.05, 3.63) is 29.6 Å². The number of halogens is 1. The number of nitrogens with zero attached hydrogens (tertiary/aromatic N) is 1. The summed E-state index contributed by atoms with van der Waals surface area (Å²) in [4.78, 5) is -0.0300. The number of rotatable bonds is 8. The Bertz CT molecular complexity index is 587. The number of aliphatic hydroxyl groups excluding tert-OH is 1. The van der Waals surface area contributed by atoms with Crippen molar-refractivity contribution >= 4 is 10.0 Å². The van der Waals surface area contributed by atoms with Gasteiger partial charge in [0, 0.05) is 25.8 Å². The van der Waals surface area contributed by atoms with E-state index in [1.165, 1.54) is 30.3 Å². The minimum atomic E-state index is -3.70. The highest BCUT2D eigenvalue weighted by atomic mass is 32.2. The van der Waals surface area contributed by atoms with E-state index < -0.39 is 22.4 Å². The first-order chi connectivity index (χ1) is 9.95. The van der Waals surface area contributed by atoms with E-state index >= 15 is 0 Å². The summed E-state index contributed by atoms with van der Waals surface area (Å²) in [6.45, 7) is 0.712. The lowest BCUT2D eigenvalue weighted by Crippen LogP contribution is -2.30. The summed E-state index contributed by atoms with van der Waals surface area (Å²) in [5.74, 6) is 0.0167. The van der Waals surface area contributed by atoms with Gasteiger partial charge in [-0.1, -0.05) is 0 Å². The summed E-state index contributed by atoms with van der Waals surface area (Å²) in [6, 6.07) is 3.41. The van der Waals surface area contributed by atoms with Gasteiger partial charge in [-0.3, -0.25) is 0 Å². The average Bonchev–Trinajstić information content (AvgIpc) is 3.27. The van der Waals surface area contributed by atoms with Crippen molar-refractivity contribution in [3.8, 4) is 0 Å². The minimum Gasteiger partial charge on any atom is -0.392 e. The van der Waals surface area contributed by atoms with Crippen LogP contribution in [0.5, 0.6) is 0 Å². The van der Waals surface area contributed by atoms with Crippen molar-refractivity contribution in [3.63, 3.8) is 0 Å². The molecule has 0 aliphatic heterocycles. The van der Waals surface area contributed by atoms with Crippen molar-refractivity contribution in [1.29, 1.82) is 0 Å². The second-order valence-corrected chi connectivity index (χ2v) is 7.30. The van der Waals surface area contributed by atoms with Crippen LogP contribution in [0.3, 0.4) is 0 Å². The van der Waals surface area contributed by atoms with Gasteiger partial charge in [0.25, 0.3) is 0 Å². The van der Waals surface area contributed by atoms with E-state index in [1.54, 1.807) is 0 Å². The van der Waals surface area contributed by atoms with Gasteiger partial charge in [-0.05, 0) is 37.0 Å². The zero-order valence-electron chi connectivity index (χ0n) is 12.0. The van der Waals surface area contributed by atoms with E-state index in [4.69, 9.17) is 9.84 Å². The van der Waals surface area contributed by atoms with Gasteiger partial charge in [0.15, 0.2) is 0 Å². The molecule has 7 heteroatoms. The van der Waals surface area contributed by atoms with E-state index in [1.807, 2.05) is 0 Å². The Morgan fingerprint density at radius 3 is 2.76 bits per heavy atom. The SMILES string of the molecule is CN(CCOCC1CC1)S(=O)(=O)c1ccc(F)c(CO)c1. The molecule has 0 bridgehead atoms. The second kappa shape index (κ2) is 6.83. The first-order valence-electron chi connectivity index (χ1n) is 6.88. The molecular formula is C14H20FNO4S. The summed E-state index contributed by atoms with van der Waals surface area (Å²) >= 11 is 0. The minimum absolute atomic E-state index is 0.0300.